The molecular weight excluding hydrogens is 228 g/mol. The number of carboxylic acid groups (broad SMARTS) is 1. The predicted octanol–water partition coefficient (Wildman–Crippen LogP) is 2.34. The molecule has 0 aliphatic rings. The number of benzene rings is 1. The summed E-state index contributed by atoms with van der Waals surface area (Å²) in [5.41, 5.74) is 3.14. The molecule has 0 unspecified atom stereocenters. The summed E-state index contributed by atoms with van der Waals surface area (Å²) in [5, 5.41) is 12.7. The monoisotopic (exact) mass is 242 g/mol. The summed E-state index contributed by atoms with van der Waals surface area (Å²) in [6.07, 6.45) is 6.51. The largest absolute Gasteiger partial charge is 0.478 e. The summed E-state index contributed by atoms with van der Waals surface area (Å²) in [7, 11) is 0. The van der Waals surface area contributed by atoms with Crippen LogP contribution in [0.3, 0.4) is 0 Å². The molecule has 1 heterocycles. The molecule has 0 amide bonds. The molecule has 1 aromatic carbocycles. The van der Waals surface area contributed by atoms with Crippen LogP contribution in [0, 0.1) is 6.92 Å². The van der Waals surface area contributed by atoms with E-state index in [0.717, 1.165) is 29.3 Å². The number of carbonyl (C=O) groups is 1. The summed E-state index contributed by atoms with van der Waals surface area (Å²) in [6.45, 7) is 2.72. The average molecular weight is 242 g/mol. The Morgan fingerprint density at radius 2 is 2.11 bits per heavy atom. The lowest BCUT2D eigenvalue weighted by atomic mass is 10.1. The number of carboxylic acids is 1. The van der Waals surface area contributed by atoms with Crippen LogP contribution in [0.4, 0.5) is 0 Å². The van der Waals surface area contributed by atoms with Crippen molar-refractivity contribution >= 4 is 12.0 Å². The molecule has 0 fully saturated rings. The van der Waals surface area contributed by atoms with Crippen molar-refractivity contribution in [3.63, 3.8) is 0 Å². The zero-order chi connectivity index (χ0) is 13.0. The first kappa shape index (κ1) is 12.1. The van der Waals surface area contributed by atoms with E-state index in [1.807, 2.05) is 48.3 Å². The zero-order valence-electron chi connectivity index (χ0n) is 10.1. The topological polar surface area (TPSA) is 55.1 Å². The molecule has 4 nitrogen and oxygen atoms in total. The fourth-order valence-electron chi connectivity index (χ4n) is 1.64. The molecule has 4 heteroatoms. The summed E-state index contributed by atoms with van der Waals surface area (Å²) >= 11 is 0. The Morgan fingerprint density at radius 3 is 2.67 bits per heavy atom. The lowest BCUT2D eigenvalue weighted by Crippen LogP contribution is -1.99. The van der Waals surface area contributed by atoms with Crippen LogP contribution < -0.4 is 0 Å². The van der Waals surface area contributed by atoms with Gasteiger partial charge in [0.05, 0.1) is 12.7 Å². The number of aryl methyl sites for hydroxylation is 1. The van der Waals surface area contributed by atoms with Gasteiger partial charge in [0.1, 0.15) is 0 Å². The van der Waals surface area contributed by atoms with Crippen molar-refractivity contribution in [2.75, 3.05) is 0 Å². The molecule has 0 saturated carbocycles. The molecule has 0 radical (unpaired) electrons. The summed E-state index contributed by atoms with van der Waals surface area (Å²) in [5.74, 6) is -0.939. The molecule has 1 N–H and O–H groups in total. The van der Waals surface area contributed by atoms with Crippen LogP contribution in [-0.2, 0) is 11.3 Å². The third kappa shape index (κ3) is 3.31. The molecule has 2 rings (SSSR count). The fourth-order valence-corrected chi connectivity index (χ4v) is 1.64. The average Bonchev–Trinajstić information content (AvgIpc) is 2.74. The van der Waals surface area contributed by atoms with Gasteiger partial charge in [-0.1, -0.05) is 24.3 Å². The van der Waals surface area contributed by atoms with Crippen LogP contribution in [0.2, 0.25) is 0 Å². The normalized spacial score (nSPS) is 10.9. The highest BCUT2D eigenvalue weighted by Gasteiger charge is 1.97. The quantitative estimate of drug-likeness (QED) is 0.837. The maximum absolute atomic E-state index is 10.4. The zero-order valence-corrected chi connectivity index (χ0v) is 10.1. The molecule has 0 aliphatic heterocycles. The maximum Gasteiger partial charge on any atom is 0.328 e. The van der Waals surface area contributed by atoms with Gasteiger partial charge in [-0.25, -0.2) is 4.79 Å². The van der Waals surface area contributed by atoms with Gasteiger partial charge < -0.3 is 5.11 Å². The Morgan fingerprint density at radius 1 is 1.39 bits per heavy atom. The van der Waals surface area contributed by atoms with Crippen molar-refractivity contribution in [1.82, 2.24) is 9.78 Å². The second-order valence-electron chi connectivity index (χ2n) is 4.13. The third-order valence-electron chi connectivity index (χ3n) is 2.50. The van der Waals surface area contributed by atoms with Gasteiger partial charge >= 0.3 is 5.97 Å². The molecule has 18 heavy (non-hydrogen) atoms. The van der Waals surface area contributed by atoms with E-state index in [4.69, 9.17) is 5.11 Å². The highest BCUT2D eigenvalue weighted by atomic mass is 16.4. The number of rotatable bonds is 4. The Labute approximate surface area is 105 Å². The first-order valence-electron chi connectivity index (χ1n) is 5.62. The van der Waals surface area contributed by atoms with Gasteiger partial charge in [0.15, 0.2) is 0 Å². The fraction of sp³-hybridized carbons (Fsp3) is 0.143. The van der Waals surface area contributed by atoms with E-state index in [1.54, 1.807) is 6.08 Å². The van der Waals surface area contributed by atoms with Crippen LogP contribution in [0.15, 0.2) is 42.7 Å². The Balaban J connectivity index is 2.06. The van der Waals surface area contributed by atoms with E-state index in [-0.39, 0.29) is 0 Å². The van der Waals surface area contributed by atoms with Gasteiger partial charge in [-0.2, -0.15) is 5.10 Å². The predicted molar refractivity (Wildman–Crippen MR) is 69.2 cm³/mol. The number of aliphatic carboxylic acids is 1. The summed E-state index contributed by atoms with van der Waals surface area (Å²) in [4.78, 5) is 10.4. The molecule has 0 spiro atoms. The summed E-state index contributed by atoms with van der Waals surface area (Å²) < 4.78 is 1.87. The highest BCUT2D eigenvalue weighted by molar-refractivity contribution is 5.85. The Bertz CT molecular complexity index is 568. The van der Waals surface area contributed by atoms with Crippen molar-refractivity contribution in [3.05, 3.63) is 59.4 Å². The number of hydrogen-bond donors (Lipinski definition) is 1. The highest BCUT2D eigenvalue weighted by Crippen LogP contribution is 2.08. The van der Waals surface area contributed by atoms with E-state index >= 15 is 0 Å². The minimum Gasteiger partial charge on any atom is -0.478 e. The first-order valence-corrected chi connectivity index (χ1v) is 5.62. The smallest absolute Gasteiger partial charge is 0.328 e. The SMILES string of the molecule is Cc1cnn(Cc2ccc(/C=C/C(=O)O)cc2)c1. The molecule has 92 valence electrons. The minimum absolute atomic E-state index is 0.719. The first-order chi connectivity index (χ1) is 8.63. The standard InChI is InChI=1S/C14H14N2O2/c1-11-8-15-16(9-11)10-13-4-2-12(3-5-13)6-7-14(17)18/h2-9H,10H2,1H3,(H,17,18)/b7-6+. The van der Waals surface area contributed by atoms with Gasteiger partial charge in [-0.15, -0.1) is 0 Å². The van der Waals surface area contributed by atoms with Crippen LogP contribution in [0.1, 0.15) is 16.7 Å². The van der Waals surface area contributed by atoms with E-state index in [0.29, 0.717) is 0 Å². The summed E-state index contributed by atoms with van der Waals surface area (Å²) in [6, 6.07) is 7.73. The molecule has 2 aromatic rings. The van der Waals surface area contributed by atoms with Gasteiger partial charge in [-0.3, -0.25) is 4.68 Å². The molecule has 1 aromatic heterocycles. The number of hydrogen-bond acceptors (Lipinski definition) is 2. The van der Waals surface area contributed by atoms with Crippen molar-refractivity contribution in [2.24, 2.45) is 0 Å². The lowest BCUT2D eigenvalue weighted by molar-refractivity contribution is -0.131. The second kappa shape index (κ2) is 5.31. The Kier molecular flexibility index (Phi) is 3.57. The van der Waals surface area contributed by atoms with E-state index in [2.05, 4.69) is 5.10 Å². The van der Waals surface area contributed by atoms with Crippen molar-refractivity contribution < 1.29 is 9.90 Å². The minimum atomic E-state index is -0.939. The maximum atomic E-state index is 10.4. The molecule has 0 bridgehead atoms. The van der Waals surface area contributed by atoms with E-state index in [1.165, 1.54) is 0 Å². The third-order valence-corrected chi connectivity index (χ3v) is 2.50. The Hall–Kier alpha value is -2.36. The van der Waals surface area contributed by atoms with Gasteiger partial charge in [-0.05, 0) is 29.7 Å². The molecular formula is C14H14N2O2. The van der Waals surface area contributed by atoms with Gasteiger partial charge in [0.2, 0.25) is 0 Å². The van der Waals surface area contributed by atoms with Crippen LogP contribution >= 0.6 is 0 Å². The molecule has 0 saturated heterocycles. The molecule has 0 atom stereocenters. The number of nitrogens with zero attached hydrogens (tertiary/aromatic N) is 2. The molecule has 0 aliphatic carbocycles. The van der Waals surface area contributed by atoms with Crippen LogP contribution in [-0.4, -0.2) is 20.9 Å². The van der Waals surface area contributed by atoms with Gasteiger partial charge in [0, 0.05) is 12.3 Å². The second-order valence-corrected chi connectivity index (χ2v) is 4.13. The van der Waals surface area contributed by atoms with Crippen molar-refractivity contribution in [3.8, 4) is 0 Å². The van der Waals surface area contributed by atoms with Crippen molar-refractivity contribution in [2.45, 2.75) is 13.5 Å². The van der Waals surface area contributed by atoms with Crippen LogP contribution in [0.25, 0.3) is 6.08 Å². The van der Waals surface area contributed by atoms with E-state index < -0.39 is 5.97 Å². The lowest BCUT2D eigenvalue weighted by Gasteiger charge is -2.02. The van der Waals surface area contributed by atoms with E-state index in [9.17, 15) is 4.79 Å². The van der Waals surface area contributed by atoms with Gasteiger partial charge in [0.25, 0.3) is 0 Å². The number of aromatic nitrogens is 2. The van der Waals surface area contributed by atoms with Crippen LogP contribution in [0.5, 0.6) is 0 Å². The van der Waals surface area contributed by atoms with Crippen molar-refractivity contribution in [1.29, 1.82) is 0 Å².